The molecule has 1 unspecified atom stereocenters. The molecule has 1 aliphatic rings. The predicted molar refractivity (Wildman–Crippen MR) is 71.8 cm³/mol. The summed E-state index contributed by atoms with van der Waals surface area (Å²) in [5.74, 6) is 0.355. The van der Waals surface area contributed by atoms with Crippen molar-refractivity contribution >= 4 is 23.1 Å². The minimum Gasteiger partial charge on any atom is -0.393 e. The molecule has 0 saturated carbocycles. The Balaban J connectivity index is 2.60. The first-order chi connectivity index (χ1) is 7.94. The van der Waals surface area contributed by atoms with Crippen molar-refractivity contribution in [1.29, 1.82) is 0 Å². The van der Waals surface area contributed by atoms with Crippen molar-refractivity contribution < 1.29 is 9.53 Å². The molecular weight excluding hydrogens is 236 g/mol. The highest BCUT2D eigenvalue weighted by Crippen LogP contribution is 2.23. The fourth-order valence-corrected chi connectivity index (χ4v) is 2.32. The van der Waals surface area contributed by atoms with E-state index >= 15 is 0 Å². The lowest BCUT2D eigenvalue weighted by molar-refractivity contribution is -0.154. The highest BCUT2D eigenvalue weighted by Gasteiger charge is 2.36. The summed E-state index contributed by atoms with van der Waals surface area (Å²) >= 11 is 4.99. The topological polar surface area (TPSA) is 55.6 Å². The van der Waals surface area contributed by atoms with Gasteiger partial charge in [-0.15, -0.1) is 0 Å². The monoisotopic (exact) mass is 258 g/mol. The van der Waals surface area contributed by atoms with Crippen molar-refractivity contribution in [1.82, 2.24) is 4.90 Å². The van der Waals surface area contributed by atoms with Gasteiger partial charge in [0.1, 0.15) is 5.60 Å². The summed E-state index contributed by atoms with van der Waals surface area (Å²) < 4.78 is 5.33. The van der Waals surface area contributed by atoms with E-state index in [1.54, 1.807) is 7.11 Å². The highest BCUT2D eigenvalue weighted by molar-refractivity contribution is 7.80. The van der Waals surface area contributed by atoms with Gasteiger partial charge < -0.3 is 15.4 Å². The number of piperidine rings is 1. The second kappa shape index (κ2) is 5.78. The molecule has 1 fully saturated rings. The van der Waals surface area contributed by atoms with E-state index in [4.69, 9.17) is 22.7 Å². The Labute approximate surface area is 108 Å². The van der Waals surface area contributed by atoms with Gasteiger partial charge in [0.15, 0.2) is 0 Å². The third kappa shape index (κ3) is 3.16. The van der Waals surface area contributed by atoms with Gasteiger partial charge in [-0.2, -0.15) is 0 Å². The first-order valence-corrected chi connectivity index (χ1v) is 6.49. The van der Waals surface area contributed by atoms with Crippen LogP contribution in [0.15, 0.2) is 0 Å². The zero-order chi connectivity index (χ0) is 13.1. The van der Waals surface area contributed by atoms with Crippen LogP contribution in [0.5, 0.6) is 0 Å². The number of methoxy groups -OCH3 is 1. The van der Waals surface area contributed by atoms with Crippen molar-refractivity contribution in [3.8, 4) is 0 Å². The number of carbonyl (C=O) groups excluding carboxylic acids is 1. The first-order valence-electron chi connectivity index (χ1n) is 6.08. The Bertz CT molecular complexity index is 295. The Morgan fingerprint density at radius 1 is 1.53 bits per heavy atom. The molecule has 1 rings (SSSR count). The van der Waals surface area contributed by atoms with Crippen LogP contribution in [0, 0.1) is 5.92 Å². The average Bonchev–Trinajstić information content (AvgIpc) is 2.37. The average molecular weight is 258 g/mol. The van der Waals surface area contributed by atoms with Crippen molar-refractivity contribution in [2.24, 2.45) is 11.7 Å². The van der Waals surface area contributed by atoms with E-state index in [-0.39, 0.29) is 11.8 Å². The molecule has 4 nitrogen and oxygen atoms in total. The van der Waals surface area contributed by atoms with Crippen molar-refractivity contribution in [3.63, 3.8) is 0 Å². The standard InChI is InChI=1S/C12H22N2O2S/c1-4-12(2,16-3)11(15)14-7-5-9(6-8-14)10(13)17/h9H,4-8H2,1-3H3,(H2,13,17). The van der Waals surface area contributed by atoms with E-state index < -0.39 is 5.60 Å². The summed E-state index contributed by atoms with van der Waals surface area (Å²) in [5.41, 5.74) is 4.93. The van der Waals surface area contributed by atoms with E-state index in [0.717, 1.165) is 25.9 Å². The van der Waals surface area contributed by atoms with E-state index in [9.17, 15) is 4.79 Å². The number of hydrogen-bond acceptors (Lipinski definition) is 3. The second-order valence-electron chi connectivity index (χ2n) is 4.76. The number of ether oxygens (including phenoxy) is 1. The molecule has 0 aliphatic carbocycles. The number of rotatable bonds is 4. The highest BCUT2D eigenvalue weighted by atomic mass is 32.1. The van der Waals surface area contributed by atoms with Crippen molar-refractivity contribution in [3.05, 3.63) is 0 Å². The van der Waals surface area contributed by atoms with Crippen molar-refractivity contribution in [2.75, 3.05) is 20.2 Å². The van der Waals surface area contributed by atoms with Gasteiger partial charge in [-0.1, -0.05) is 19.1 Å². The predicted octanol–water partition coefficient (Wildman–Crippen LogP) is 1.33. The summed E-state index contributed by atoms with van der Waals surface area (Å²) in [7, 11) is 1.59. The Morgan fingerprint density at radius 3 is 2.41 bits per heavy atom. The van der Waals surface area contributed by atoms with Gasteiger partial charge in [-0.05, 0) is 26.2 Å². The first kappa shape index (κ1) is 14.4. The molecular formula is C12H22N2O2S. The lowest BCUT2D eigenvalue weighted by Crippen LogP contribution is -2.51. The van der Waals surface area contributed by atoms with Crippen LogP contribution in [0.1, 0.15) is 33.1 Å². The van der Waals surface area contributed by atoms with Crippen molar-refractivity contribution in [2.45, 2.75) is 38.7 Å². The molecule has 0 aromatic rings. The van der Waals surface area contributed by atoms with Gasteiger partial charge in [0.05, 0.1) is 4.99 Å². The van der Waals surface area contributed by atoms with Gasteiger partial charge >= 0.3 is 0 Å². The molecule has 0 bridgehead atoms. The SMILES string of the molecule is CCC(C)(OC)C(=O)N1CCC(C(N)=S)CC1. The van der Waals surface area contributed by atoms with Gasteiger partial charge in [0.25, 0.3) is 5.91 Å². The summed E-state index contributed by atoms with van der Waals surface area (Å²) in [6.45, 7) is 5.25. The number of likely N-dealkylation sites (tertiary alicyclic amines) is 1. The van der Waals surface area contributed by atoms with Gasteiger partial charge in [0, 0.05) is 26.1 Å². The third-order valence-electron chi connectivity index (χ3n) is 3.76. The van der Waals surface area contributed by atoms with Crippen LogP contribution in [0.25, 0.3) is 0 Å². The quantitative estimate of drug-likeness (QED) is 0.773. The van der Waals surface area contributed by atoms with Crippen LogP contribution in [0.2, 0.25) is 0 Å². The van der Waals surface area contributed by atoms with Gasteiger partial charge in [-0.25, -0.2) is 0 Å². The van der Waals surface area contributed by atoms with Crippen LogP contribution in [-0.2, 0) is 9.53 Å². The van der Waals surface area contributed by atoms with E-state index in [0.29, 0.717) is 11.4 Å². The molecule has 1 saturated heterocycles. The molecule has 0 aromatic carbocycles. The molecule has 0 spiro atoms. The summed E-state index contributed by atoms with van der Waals surface area (Å²) in [6.07, 6.45) is 2.41. The lowest BCUT2D eigenvalue weighted by Gasteiger charge is -2.37. The smallest absolute Gasteiger partial charge is 0.254 e. The van der Waals surface area contributed by atoms with E-state index in [2.05, 4.69) is 0 Å². The minimum absolute atomic E-state index is 0.0730. The Hall–Kier alpha value is -0.680. The van der Waals surface area contributed by atoms with Gasteiger partial charge in [0.2, 0.25) is 0 Å². The molecule has 1 aliphatic heterocycles. The van der Waals surface area contributed by atoms with E-state index in [1.165, 1.54) is 0 Å². The van der Waals surface area contributed by atoms with Crippen LogP contribution in [0.4, 0.5) is 0 Å². The maximum atomic E-state index is 12.3. The zero-order valence-corrected chi connectivity index (χ0v) is 11.7. The molecule has 98 valence electrons. The lowest BCUT2D eigenvalue weighted by atomic mass is 9.94. The van der Waals surface area contributed by atoms with E-state index in [1.807, 2.05) is 18.7 Å². The van der Waals surface area contributed by atoms with Crippen LogP contribution >= 0.6 is 12.2 Å². The summed E-state index contributed by atoms with van der Waals surface area (Å²) in [5, 5.41) is 0. The summed E-state index contributed by atoms with van der Waals surface area (Å²) in [6, 6.07) is 0. The van der Waals surface area contributed by atoms with Crippen LogP contribution in [0.3, 0.4) is 0 Å². The Kier molecular flexibility index (Phi) is 4.89. The number of nitrogens with two attached hydrogens (primary N) is 1. The maximum absolute atomic E-state index is 12.3. The molecule has 0 aromatic heterocycles. The Morgan fingerprint density at radius 2 is 2.06 bits per heavy atom. The molecule has 2 N–H and O–H groups in total. The number of thiocarbonyl (C=S) groups is 1. The number of nitrogens with zero attached hydrogens (tertiary/aromatic N) is 1. The molecule has 1 heterocycles. The second-order valence-corrected chi connectivity index (χ2v) is 5.23. The van der Waals surface area contributed by atoms with Crippen LogP contribution < -0.4 is 5.73 Å². The molecule has 1 amide bonds. The molecule has 1 atom stereocenters. The number of amides is 1. The van der Waals surface area contributed by atoms with Crippen LogP contribution in [-0.4, -0.2) is 41.6 Å². The third-order valence-corrected chi connectivity index (χ3v) is 4.10. The molecule has 0 radical (unpaired) electrons. The minimum atomic E-state index is -0.698. The fourth-order valence-electron chi connectivity index (χ4n) is 2.08. The number of hydrogen-bond donors (Lipinski definition) is 1. The maximum Gasteiger partial charge on any atom is 0.254 e. The number of carbonyl (C=O) groups is 1. The van der Waals surface area contributed by atoms with Gasteiger partial charge in [-0.3, -0.25) is 4.79 Å². The summed E-state index contributed by atoms with van der Waals surface area (Å²) in [4.78, 5) is 14.7. The zero-order valence-electron chi connectivity index (χ0n) is 10.9. The molecule has 17 heavy (non-hydrogen) atoms. The largest absolute Gasteiger partial charge is 0.393 e. The molecule has 5 heteroatoms. The normalized spacial score (nSPS) is 21.0. The fraction of sp³-hybridized carbons (Fsp3) is 0.833.